The highest BCUT2D eigenvalue weighted by Gasteiger charge is 2.56. The highest BCUT2D eigenvalue weighted by atomic mass is 19.2. The lowest BCUT2D eigenvalue weighted by atomic mass is 9.93. The minimum Gasteiger partial charge on any atom is -0.348 e. The van der Waals surface area contributed by atoms with Crippen LogP contribution >= 0.6 is 0 Å². The molecule has 1 aliphatic carbocycles. The van der Waals surface area contributed by atoms with Crippen molar-refractivity contribution >= 4 is 17.8 Å². The van der Waals surface area contributed by atoms with Gasteiger partial charge in [-0.25, -0.2) is 13.6 Å². The van der Waals surface area contributed by atoms with Crippen LogP contribution in [0.25, 0.3) is 5.69 Å². The number of nitrogens with zero attached hydrogens (tertiary/aromatic N) is 3. The van der Waals surface area contributed by atoms with Gasteiger partial charge < -0.3 is 10.6 Å². The van der Waals surface area contributed by atoms with Gasteiger partial charge in [-0.3, -0.25) is 14.9 Å². The van der Waals surface area contributed by atoms with Crippen LogP contribution in [0.1, 0.15) is 23.3 Å². The third-order valence-electron chi connectivity index (χ3n) is 4.63. The van der Waals surface area contributed by atoms with Gasteiger partial charge in [0.15, 0.2) is 17.3 Å². The van der Waals surface area contributed by atoms with E-state index in [0.717, 1.165) is 36.0 Å². The molecule has 2 heterocycles. The highest BCUT2D eigenvalue weighted by Crippen LogP contribution is 2.41. The van der Waals surface area contributed by atoms with Crippen LogP contribution in [0.5, 0.6) is 0 Å². The number of carbonyl (C=O) groups is 3. The van der Waals surface area contributed by atoms with Gasteiger partial charge >= 0.3 is 6.03 Å². The average Bonchev–Trinajstić information content (AvgIpc) is 3.29. The summed E-state index contributed by atoms with van der Waals surface area (Å²) < 4.78 is 26.3. The molecule has 3 N–H and O–H groups in total. The Kier molecular flexibility index (Phi) is 3.86. The second-order valence-corrected chi connectivity index (χ2v) is 6.45. The molecule has 4 amide bonds. The van der Waals surface area contributed by atoms with Crippen LogP contribution in [0.4, 0.5) is 13.6 Å². The first-order valence-electron chi connectivity index (χ1n) is 8.18. The molecule has 9 nitrogen and oxygen atoms in total. The molecule has 0 radical (unpaired) electrons. The molecule has 2 aromatic rings. The van der Waals surface area contributed by atoms with Gasteiger partial charge in [0, 0.05) is 6.07 Å². The van der Waals surface area contributed by atoms with Crippen molar-refractivity contribution in [1.82, 2.24) is 30.9 Å². The van der Waals surface area contributed by atoms with E-state index in [1.807, 2.05) is 0 Å². The fraction of sp³-hybridized carbons (Fsp3) is 0.312. The predicted molar refractivity (Wildman–Crippen MR) is 85.7 cm³/mol. The number of aromatic nitrogens is 3. The van der Waals surface area contributed by atoms with Crippen molar-refractivity contribution in [3.8, 4) is 5.69 Å². The summed E-state index contributed by atoms with van der Waals surface area (Å²) >= 11 is 0. The second-order valence-electron chi connectivity index (χ2n) is 6.45. The van der Waals surface area contributed by atoms with E-state index in [9.17, 15) is 23.2 Å². The van der Waals surface area contributed by atoms with Crippen LogP contribution < -0.4 is 16.0 Å². The standard InChI is InChI=1S/C16H14F2N6O3/c17-10-4-3-9(5-11(10)18)24-20-6-12(23-24)13(25)19-7-16(8-1-2-8)14(26)21-15(27)22-16/h3-6,8H,1-2,7H2,(H,19,25)(H2,21,22,26,27)/t16-/m0/s1. The van der Waals surface area contributed by atoms with E-state index in [0.29, 0.717) is 0 Å². The van der Waals surface area contributed by atoms with Crippen LogP contribution in [0, 0.1) is 17.6 Å². The molecule has 4 rings (SSSR count). The summed E-state index contributed by atoms with van der Waals surface area (Å²) in [6.07, 6.45) is 2.71. The van der Waals surface area contributed by atoms with Gasteiger partial charge in [-0.1, -0.05) is 0 Å². The van der Waals surface area contributed by atoms with Crippen molar-refractivity contribution in [2.75, 3.05) is 6.54 Å². The van der Waals surface area contributed by atoms with Gasteiger partial charge in [0.05, 0.1) is 18.4 Å². The van der Waals surface area contributed by atoms with Crippen molar-refractivity contribution in [2.24, 2.45) is 5.92 Å². The molecule has 0 spiro atoms. The summed E-state index contributed by atoms with van der Waals surface area (Å²) in [5.41, 5.74) is -1.09. The quantitative estimate of drug-likeness (QED) is 0.647. The number of halogens is 2. The molecular weight excluding hydrogens is 362 g/mol. The molecule has 1 saturated carbocycles. The number of urea groups is 1. The van der Waals surface area contributed by atoms with Crippen LogP contribution in [-0.2, 0) is 4.79 Å². The second kappa shape index (κ2) is 6.11. The Bertz CT molecular complexity index is 957. The van der Waals surface area contributed by atoms with E-state index in [2.05, 4.69) is 26.1 Å². The minimum absolute atomic E-state index is 0.0397. The minimum atomic E-state index is -1.16. The predicted octanol–water partition coefficient (Wildman–Crippen LogP) is 0.263. The fourth-order valence-electron chi connectivity index (χ4n) is 3.05. The Labute approximate surface area is 151 Å². The van der Waals surface area contributed by atoms with Crippen LogP contribution in [0.2, 0.25) is 0 Å². The number of nitrogens with one attached hydrogen (secondary N) is 3. The van der Waals surface area contributed by atoms with E-state index < -0.39 is 35.0 Å². The number of carbonyl (C=O) groups excluding carboxylic acids is 3. The van der Waals surface area contributed by atoms with Gasteiger partial charge in [-0.2, -0.15) is 9.90 Å². The topological polar surface area (TPSA) is 118 Å². The summed E-state index contributed by atoms with van der Waals surface area (Å²) in [7, 11) is 0. The van der Waals surface area contributed by atoms with E-state index in [1.54, 1.807) is 0 Å². The number of amides is 4. The zero-order valence-electron chi connectivity index (χ0n) is 13.8. The first-order chi connectivity index (χ1) is 12.9. The van der Waals surface area contributed by atoms with Crippen LogP contribution in [0.3, 0.4) is 0 Å². The third kappa shape index (κ3) is 3.00. The molecule has 2 aliphatic rings. The molecule has 1 aromatic heterocycles. The molecule has 140 valence electrons. The van der Waals surface area contributed by atoms with Gasteiger partial charge in [-0.15, -0.1) is 5.10 Å². The zero-order valence-corrected chi connectivity index (χ0v) is 13.8. The summed E-state index contributed by atoms with van der Waals surface area (Å²) in [4.78, 5) is 36.9. The molecule has 0 unspecified atom stereocenters. The lowest BCUT2D eigenvalue weighted by Gasteiger charge is -2.25. The van der Waals surface area contributed by atoms with Crippen LogP contribution in [0.15, 0.2) is 24.4 Å². The summed E-state index contributed by atoms with van der Waals surface area (Å²) in [5.74, 6) is -3.20. The van der Waals surface area contributed by atoms with E-state index in [1.165, 1.54) is 6.07 Å². The molecule has 1 saturated heterocycles. The van der Waals surface area contributed by atoms with Crippen molar-refractivity contribution in [2.45, 2.75) is 18.4 Å². The average molecular weight is 376 g/mol. The van der Waals surface area contributed by atoms with Crippen molar-refractivity contribution in [1.29, 1.82) is 0 Å². The number of hydrogen-bond donors (Lipinski definition) is 3. The number of benzene rings is 1. The summed E-state index contributed by atoms with van der Waals surface area (Å²) in [5, 5.41) is 15.1. The van der Waals surface area contributed by atoms with E-state index in [-0.39, 0.29) is 23.8 Å². The molecule has 1 aliphatic heterocycles. The Morgan fingerprint density at radius 1 is 1.30 bits per heavy atom. The normalized spacial score (nSPS) is 21.7. The van der Waals surface area contributed by atoms with Gasteiger partial charge in [0.25, 0.3) is 11.8 Å². The highest BCUT2D eigenvalue weighted by molar-refractivity contribution is 6.08. The fourth-order valence-corrected chi connectivity index (χ4v) is 3.05. The monoisotopic (exact) mass is 376 g/mol. The lowest BCUT2D eigenvalue weighted by molar-refractivity contribution is -0.124. The summed E-state index contributed by atoms with van der Waals surface area (Å²) in [6, 6.07) is 2.50. The Balaban J connectivity index is 1.47. The maximum atomic E-state index is 13.3. The molecule has 1 atom stereocenters. The largest absolute Gasteiger partial charge is 0.348 e. The Morgan fingerprint density at radius 3 is 2.70 bits per heavy atom. The number of imide groups is 1. The molecular formula is C16H14F2N6O3. The lowest BCUT2D eigenvalue weighted by Crippen LogP contribution is -2.57. The first kappa shape index (κ1) is 17.1. The molecule has 2 fully saturated rings. The Hall–Kier alpha value is -3.37. The first-order valence-corrected chi connectivity index (χ1v) is 8.18. The number of hydrogen-bond acceptors (Lipinski definition) is 5. The van der Waals surface area contributed by atoms with E-state index in [4.69, 9.17) is 0 Å². The zero-order chi connectivity index (χ0) is 19.2. The third-order valence-corrected chi connectivity index (χ3v) is 4.63. The van der Waals surface area contributed by atoms with Crippen molar-refractivity contribution < 1.29 is 23.2 Å². The maximum absolute atomic E-state index is 13.3. The summed E-state index contributed by atoms with van der Waals surface area (Å²) in [6.45, 7) is -0.0912. The molecule has 11 heteroatoms. The Morgan fingerprint density at radius 2 is 2.07 bits per heavy atom. The van der Waals surface area contributed by atoms with Crippen molar-refractivity contribution in [3.05, 3.63) is 41.7 Å². The van der Waals surface area contributed by atoms with Gasteiger partial charge in [0.1, 0.15) is 5.54 Å². The maximum Gasteiger partial charge on any atom is 0.322 e. The van der Waals surface area contributed by atoms with Crippen molar-refractivity contribution in [3.63, 3.8) is 0 Å². The smallest absolute Gasteiger partial charge is 0.322 e. The molecule has 0 bridgehead atoms. The van der Waals surface area contributed by atoms with Gasteiger partial charge in [-0.05, 0) is 30.9 Å². The van der Waals surface area contributed by atoms with Crippen LogP contribution in [-0.4, -0.2) is 44.9 Å². The van der Waals surface area contributed by atoms with Gasteiger partial charge in [0.2, 0.25) is 0 Å². The van der Waals surface area contributed by atoms with E-state index >= 15 is 0 Å². The molecule has 27 heavy (non-hydrogen) atoms. The molecule has 1 aromatic carbocycles. The number of rotatable bonds is 5. The SMILES string of the molecule is O=C1NC(=O)[C@](CNC(=O)c2cnn(-c3ccc(F)c(F)c3)n2)(C2CC2)N1.